The molecule has 2 aliphatic rings. The average molecular weight is 456 g/mol. The Morgan fingerprint density at radius 2 is 2.00 bits per heavy atom. The van der Waals surface area contributed by atoms with Gasteiger partial charge in [0, 0.05) is 19.0 Å². The van der Waals surface area contributed by atoms with Gasteiger partial charge in [0.05, 0.1) is 17.7 Å². The number of carboxylic acids is 1. The first-order chi connectivity index (χ1) is 15.1. The molecule has 4 rings (SSSR count). The van der Waals surface area contributed by atoms with Crippen LogP contribution < -0.4 is 10.6 Å². The third-order valence-electron chi connectivity index (χ3n) is 5.86. The molecule has 2 aromatic rings. The maximum atomic E-state index is 13.3. The molecule has 2 atom stereocenters. The summed E-state index contributed by atoms with van der Waals surface area (Å²) in [6.07, 6.45) is 0.242. The first kappa shape index (κ1) is 22.0. The van der Waals surface area contributed by atoms with Gasteiger partial charge in [0.1, 0.15) is 6.04 Å². The first-order valence-corrected chi connectivity index (χ1v) is 11.4. The standard InChI is InChI=1S/C23H25N3O5S/c1-23(2,10-20(28)29)9-19(27)24-15-8-18-21(30)25-17-4-3-13(14-5-6-32-12-14)7-16(17)22(31)26(18)11-15/h3-7,12,15,18H,8-11H2,1-2H3,(H,24,27)(H,25,30)(H,28,29). The Labute approximate surface area is 189 Å². The topological polar surface area (TPSA) is 116 Å². The number of nitrogens with one attached hydrogen (secondary N) is 2. The number of fused-ring (bicyclic) bond motifs is 2. The van der Waals surface area contributed by atoms with E-state index in [2.05, 4.69) is 10.6 Å². The minimum absolute atomic E-state index is 0.0491. The summed E-state index contributed by atoms with van der Waals surface area (Å²) in [7, 11) is 0. The van der Waals surface area contributed by atoms with Gasteiger partial charge >= 0.3 is 5.97 Å². The number of amides is 3. The van der Waals surface area contributed by atoms with Crippen LogP contribution in [0.25, 0.3) is 11.1 Å². The predicted molar refractivity (Wildman–Crippen MR) is 120 cm³/mol. The highest BCUT2D eigenvalue weighted by atomic mass is 32.1. The largest absolute Gasteiger partial charge is 0.481 e. The van der Waals surface area contributed by atoms with Gasteiger partial charge in [-0.25, -0.2) is 0 Å². The Hall–Kier alpha value is -3.20. The zero-order valence-corrected chi connectivity index (χ0v) is 18.7. The van der Waals surface area contributed by atoms with E-state index in [-0.39, 0.29) is 43.1 Å². The summed E-state index contributed by atoms with van der Waals surface area (Å²) >= 11 is 1.57. The maximum Gasteiger partial charge on any atom is 0.303 e. The number of carbonyl (C=O) groups excluding carboxylic acids is 3. The molecule has 3 heterocycles. The zero-order chi connectivity index (χ0) is 23.0. The highest BCUT2D eigenvalue weighted by molar-refractivity contribution is 7.08. The summed E-state index contributed by atoms with van der Waals surface area (Å²) in [6.45, 7) is 3.67. The van der Waals surface area contributed by atoms with Crippen LogP contribution in [-0.2, 0) is 14.4 Å². The van der Waals surface area contributed by atoms with Crippen LogP contribution in [-0.4, -0.2) is 52.3 Å². The molecule has 1 fully saturated rings. The molecule has 32 heavy (non-hydrogen) atoms. The molecule has 3 N–H and O–H groups in total. The van der Waals surface area contributed by atoms with E-state index in [4.69, 9.17) is 5.11 Å². The SMILES string of the molecule is CC(C)(CC(=O)O)CC(=O)NC1CC2C(=O)Nc3ccc(-c4ccsc4)cc3C(=O)N2C1. The minimum Gasteiger partial charge on any atom is -0.481 e. The van der Waals surface area contributed by atoms with Crippen LogP contribution >= 0.6 is 11.3 Å². The fourth-order valence-corrected chi connectivity index (χ4v) is 5.07. The second-order valence-electron chi connectivity index (χ2n) is 9.15. The molecule has 0 radical (unpaired) electrons. The Balaban J connectivity index is 1.49. The summed E-state index contributed by atoms with van der Waals surface area (Å²) in [4.78, 5) is 51.2. The summed E-state index contributed by atoms with van der Waals surface area (Å²) in [5.41, 5.74) is 2.14. The molecule has 0 saturated carbocycles. The number of benzene rings is 1. The molecule has 3 amide bonds. The van der Waals surface area contributed by atoms with Crippen LogP contribution in [0.2, 0.25) is 0 Å². The lowest BCUT2D eigenvalue weighted by molar-refractivity contribution is -0.139. The predicted octanol–water partition coefficient (Wildman–Crippen LogP) is 2.96. The molecule has 168 valence electrons. The Kier molecular flexibility index (Phi) is 5.77. The Bertz CT molecular complexity index is 1080. The van der Waals surface area contributed by atoms with E-state index in [0.717, 1.165) is 11.1 Å². The number of rotatable bonds is 6. The fraction of sp³-hybridized carbons (Fsp3) is 0.391. The molecule has 2 aliphatic heterocycles. The van der Waals surface area contributed by atoms with Crippen molar-refractivity contribution in [2.75, 3.05) is 11.9 Å². The third kappa shape index (κ3) is 4.52. The number of aliphatic carboxylic acids is 1. The van der Waals surface area contributed by atoms with Crippen LogP contribution in [0.15, 0.2) is 35.0 Å². The van der Waals surface area contributed by atoms with Crippen molar-refractivity contribution in [1.82, 2.24) is 10.2 Å². The highest BCUT2D eigenvalue weighted by Gasteiger charge is 2.43. The molecule has 1 aromatic carbocycles. The van der Waals surface area contributed by atoms with Gasteiger partial charge in [-0.1, -0.05) is 19.9 Å². The zero-order valence-electron chi connectivity index (χ0n) is 17.9. The van der Waals surface area contributed by atoms with Crippen LogP contribution in [0.3, 0.4) is 0 Å². The number of carbonyl (C=O) groups is 4. The van der Waals surface area contributed by atoms with E-state index in [1.54, 1.807) is 37.3 Å². The average Bonchev–Trinajstić information content (AvgIpc) is 3.34. The van der Waals surface area contributed by atoms with Crippen molar-refractivity contribution in [2.24, 2.45) is 5.41 Å². The van der Waals surface area contributed by atoms with Gasteiger partial charge in [0.25, 0.3) is 5.91 Å². The van der Waals surface area contributed by atoms with Crippen molar-refractivity contribution in [3.05, 3.63) is 40.6 Å². The lowest BCUT2D eigenvalue weighted by Crippen LogP contribution is -2.41. The molecule has 1 saturated heterocycles. The van der Waals surface area contributed by atoms with E-state index in [1.165, 1.54) is 4.90 Å². The van der Waals surface area contributed by atoms with Crippen molar-refractivity contribution in [3.63, 3.8) is 0 Å². The van der Waals surface area contributed by atoms with Crippen molar-refractivity contribution in [3.8, 4) is 11.1 Å². The highest BCUT2D eigenvalue weighted by Crippen LogP contribution is 2.33. The molecule has 9 heteroatoms. The first-order valence-electron chi connectivity index (χ1n) is 10.4. The van der Waals surface area contributed by atoms with Crippen LogP contribution in [0.1, 0.15) is 43.5 Å². The molecular weight excluding hydrogens is 430 g/mol. The number of anilines is 1. The lowest BCUT2D eigenvalue weighted by Gasteiger charge is -2.23. The summed E-state index contributed by atoms with van der Waals surface area (Å²) in [5.74, 6) is -1.77. The van der Waals surface area contributed by atoms with Gasteiger partial charge in [0.2, 0.25) is 11.8 Å². The monoisotopic (exact) mass is 455 g/mol. The van der Waals surface area contributed by atoms with E-state index in [0.29, 0.717) is 17.7 Å². The van der Waals surface area contributed by atoms with Crippen LogP contribution in [0.4, 0.5) is 5.69 Å². The summed E-state index contributed by atoms with van der Waals surface area (Å²) in [6, 6.07) is 6.36. The second kappa shape index (κ2) is 8.38. The van der Waals surface area contributed by atoms with Crippen molar-refractivity contribution in [2.45, 2.75) is 45.2 Å². The minimum atomic E-state index is -0.959. The van der Waals surface area contributed by atoms with Gasteiger partial charge in [-0.05, 0) is 51.9 Å². The molecule has 0 aliphatic carbocycles. The Morgan fingerprint density at radius 3 is 2.69 bits per heavy atom. The van der Waals surface area contributed by atoms with Gasteiger partial charge in [0.15, 0.2) is 0 Å². The Morgan fingerprint density at radius 1 is 1.22 bits per heavy atom. The van der Waals surface area contributed by atoms with E-state index in [9.17, 15) is 19.2 Å². The normalized spacial score (nSPS) is 20.2. The van der Waals surface area contributed by atoms with Crippen molar-refractivity contribution >= 4 is 40.7 Å². The number of thiophene rings is 1. The van der Waals surface area contributed by atoms with Crippen molar-refractivity contribution in [1.29, 1.82) is 0 Å². The molecular formula is C23H25N3O5S. The van der Waals surface area contributed by atoms with E-state index >= 15 is 0 Å². The lowest BCUT2D eigenvalue weighted by atomic mass is 9.85. The van der Waals surface area contributed by atoms with E-state index < -0.39 is 17.4 Å². The van der Waals surface area contributed by atoms with Gasteiger partial charge < -0.3 is 20.6 Å². The quantitative estimate of drug-likeness (QED) is 0.619. The summed E-state index contributed by atoms with van der Waals surface area (Å²) < 4.78 is 0. The van der Waals surface area contributed by atoms with Gasteiger partial charge in [-0.3, -0.25) is 19.2 Å². The molecule has 0 spiro atoms. The molecule has 2 unspecified atom stereocenters. The van der Waals surface area contributed by atoms with Gasteiger partial charge in [-0.2, -0.15) is 11.3 Å². The molecule has 0 bridgehead atoms. The third-order valence-corrected chi connectivity index (χ3v) is 6.54. The van der Waals surface area contributed by atoms with Crippen molar-refractivity contribution < 1.29 is 24.3 Å². The smallest absolute Gasteiger partial charge is 0.303 e. The number of hydrogen-bond donors (Lipinski definition) is 3. The summed E-state index contributed by atoms with van der Waals surface area (Å²) in [5, 5.41) is 18.7. The van der Waals surface area contributed by atoms with Gasteiger partial charge in [-0.15, -0.1) is 0 Å². The number of nitrogens with zero attached hydrogens (tertiary/aromatic N) is 1. The number of carboxylic acid groups (broad SMARTS) is 1. The number of hydrogen-bond acceptors (Lipinski definition) is 5. The van der Waals surface area contributed by atoms with E-state index in [1.807, 2.05) is 22.9 Å². The molecule has 8 nitrogen and oxygen atoms in total. The molecule has 1 aromatic heterocycles. The second-order valence-corrected chi connectivity index (χ2v) is 9.93. The van der Waals surface area contributed by atoms with Crippen LogP contribution in [0.5, 0.6) is 0 Å². The maximum absolute atomic E-state index is 13.3. The van der Waals surface area contributed by atoms with Crippen LogP contribution in [0, 0.1) is 5.41 Å². The fourth-order valence-electron chi connectivity index (χ4n) is 4.41.